The molecular formula is C14H22N2O2S. The zero-order valence-corrected chi connectivity index (χ0v) is 12.4. The van der Waals surface area contributed by atoms with Gasteiger partial charge in [-0.05, 0) is 12.8 Å². The van der Waals surface area contributed by atoms with Crippen LogP contribution in [0.25, 0.3) is 0 Å². The van der Waals surface area contributed by atoms with E-state index < -0.39 is 0 Å². The lowest BCUT2D eigenvalue weighted by atomic mass is 10.1. The SMILES string of the molecule is CC(C)c1nc(CC(=O)NCC2CCCC2O)cs1. The highest BCUT2D eigenvalue weighted by molar-refractivity contribution is 7.09. The topological polar surface area (TPSA) is 62.2 Å². The molecule has 0 aliphatic heterocycles. The Morgan fingerprint density at radius 2 is 2.37 bits per heavy atom. The van der Waals surface area contributed by atoms with Crippen molar-refractivity contribution in [3.63, 3.8) is 0 Å². The summed E-state index contributed by atoms with van der Waals surface area (Å²) in [6.45, 7) is 4.79. The Morgan fingerprint density at radius 3 is 2.95 bits per heavy atom. The van der Waals surface area contributed by atoms with Crippen LogP contribution in [0.2, 0.25) is 0 Å². The number of hydrogen-bond acceptors (Lipinski definition) is 4. The first-order valence-electron chi connectivity index (χ1n) is 6.95. The van der Waals surface area contributed by atoms with Gasteiger partial charge in [-0.25, -0.2) is 4.98 Å². The van der Waals surface area contributed by atoms with Crippen molar-refractivity contribution >= 4 is 17.2 Å². The minimum atomic E-state index is -0.243. The molecule has 4 nitrogen and oxygen atoms in total. The Hall–Kier alpha value is -0.940. The summed E-state index contributed by atoms with van der Waals surface area (Å²) in [5.41, 5.74) is 0.846. The lowest BCUT2D eigenvalue weighted by Crippen LogP contribution is -2.33. The van der Waals surface area contributed by atoms with Crippen LogP contribution in [0.4, 0.5) is 0 Å². The van der Waals surface area contributed by atoms with E-state index in [9.17, 15) is 9.90 Å². The monoisotopic (exact) mass is 282 g/mol. The van der Waals surface area contributed by atoms with Gasteiger partial charge in [0.1, 0.15) is 0 Å². The summed E-state index contributed by atoms with van der Waals surface area (Å²) in [4.78, 5) is 16.3. The molecule has 1 aromatic heterocycles. The minimum absolute atomic E-state index is 0.000272. The quantitative estimate of drug-likeness (QED) is 0.869. The van der Waals surface area contributed by atoms with Gasteiger partial charge in [0.25, 0.3) is 0 Å². The summed E-state index contributed by atoms with van der Waals surface area (Å²) < 4.78 is 0. The lowest BCUT2D eigenvalue weighted by molar-refractivity contribution is -0.120. The van der Waals surface area contributed by atoms with E-state index in [1.54, 1.807) is 11.3 Å². The van der Waals surface area contributed by atoms with Crippen LogP contribution in [0.3, 0.4) is 0 Å². The predicted molar refractivity (Wildman–Crippen MR) is 76.3 cm³/mol. The van der Waals surface area contributed by atoms with Gasteiger partial charge in [0.2, 0.25) is 5.91 Å². The molecule has 1 aliphatic carbocycles. The van der Waals surface area contributed by atoms with Gasteiger partial charge < -0.3 is 10.4 Å². The number of amides is 1. The average Bonchev–Trinajstić information content (AvgIpc) is 2.96. The van der Waals surface area contributed by atoms with E-state index in [2.05, 4.69) is 24.1 Å². The molecule has 1 saturated carbocycles. The van der Waals surface area contributed by atoms with Crippen molar-refractivity contribution in [2.24, 2.45) is 5.92 Å². The van der Waals surface area contributed by atoms with E-state index in [1.165, 1.54) is 0 Å². The van der Waals surface area contributed by atoms with Crippen LogP contribution in [0.15, 0.2) is 5.38 Å². The average molecular weight is 282 g/mol. The fourth-order valence-corrected chi connectivity index (χ4v) is 3.23. The van der Waals surface area contributed by atoms with Gasteiger partial charge >= 0.3 is 0 Å². The van der Waals surface area contributed by atoms with Crippen LogP contribution in [0.1, 0.15) is 49.7 Å². The predicted octanol–water partition coefficient (Wildman–Crippen LogP) is 2.09. The van der Waals surface area contributed by atoms with E-state index in [0.29, 0.717) is 18.9 Å². The van der Waals surface area contributed by atoms with E-state index in [1.807, 2.05) is 5.38 Å². The van der Waals surface area contributed by atoms with Gasteiger partial charge in [0.05, 0.1) is 23.2 Å². The Balaban J connectivity index is 1.77. The molecule has 1 fully saturated rings. The molecule has 106 valence electrons. The molecule has 5 heteroatoms. The van der Waals surface area contributed by atoms with Crippen molar-refractivity contribution in [1.82, 2.24) is 10.3 Å². The summed E-state index contributed by atoms with van der Waals surface area (Å²) >= 11 is 1.61. The van der Waals surface area contributed by atoms with Crippen molar-refractivity contribution < 1.29 is 9.90 Å². The normalized spacial score (nSPS) is 22.9. The molecule has 1 aromatic rings. The van der Waals surface area contributed by atoms with E-state index in [0.717, 1.165) is 30.0 Å². The third-order valence-corrected chi connectivity index (χ3v) is 4.78. The second-order valence-corrected chi connectivity index (χ2v) is 6.46. The van der Waals surface area contributed by atoms with Crippen LogP contribution in [-0.4, -0.2) is 28.6 Å². The molecular weight excluding hydrogens is 260 g/mol. The van der Waals surface area contributed by atoms with Gasteiger partial charge in [0.15, 0.2) is 0 Å². The fourth-order valence-electron chi connectivity index (χ4n) is 2.40. The molecule has 0 spiro atoms. The molecule has 2 atom stereocenters. The Bertz CT molecular complexity index is 431. The van der Waals surface area contributed by atoms with Crippen LogP contribution >= 0.6 is 11.3 Å². The first kappa shape index (κ1) is 14.5. The molecule has 2 rings (SSSR count). The molecule has 2 unspecified atom stereocenters. The zero-order valence-electron chi connectivity index (χ0n) is 11.6. The molecule has 0 bridgehead atoms. The van der Waals surface area contributed by atoms with E-state index in [4.69, 9.17) is 0 Å². The van der Waals surface area contributed by atoms with Crippen molar-refractivity contribution in [1.29, 1.82) is 0 Å². The molecule has 1 heterocycles. The molecule has 1 amide bonds. The maximum absolute atomic E-state index is 11.8. The molecule has 0 radical (unpaired) electrons. The number of hydrogen-bond donors (Lipinski definition) is 2. The summed E-state index contributed by atoms with van der Waals surface area (Å²) in [7, 11) is 0. The number of carbonyl (C=O) groups excluding carboxylic acids is 1. The largest absolute Gasteiger partial charge is 0.393 e. The van der Waals surface area contributed by atoms with Crippen molar-refractivity contribution in [2.45, 2.75) is 51.6 Å². The van der Waals surface area contributed by atoms with Gasteiger partial charge in [-0.3, -0.25) is 4.79 Å². The highest BCUT2D eigenvalue weighted by Crippen LogP contribution is 2.24. The minimum Gasteiger partial charge on any atom is -0.393 e. The van der Waals surface area contributed by atoms with Crippen LogP contribution < -0.4 is 5.32 Å². The fraction of sp³-hybridized carbons (Fsp3) is 0.714. The maximum Gasteiger partial charge on any atom is 0.226 e. The summed E-state index contributed by atoms with van der Waals surface area (Å²) in [6, 6.07) is 0. The standard InChI is InChI=1S/C14H22N2O2S/c1-9(2)14-16-11(8-19-14)6-13(18)15-7-10-4-3-5-12(10)17/h8-10,12,17H,3-7H2,1-2H3,(H,15,18). The van der Waals surface area contributed by atoms with E-state index in [-0.39, 0.29) is 17.9 Å². The van der Waals surface area contributed by atoms with E-state index >= 15 is 0 Å². The Labute approximate surface area is 118 Å². The first-order chi connectivity index (χ1) is 9.06. The number of aromatic nitrogens is 1. The summed E-state index contributed by atoms with van der Waals surface area (Å²) in [5, 5.41) is 15.6. The number of rotatable bonds is 5. The van der Waals surface area contributed by atoms with Gasteiger partial charge in [-0.2, -0.15) is 0 Å². The Kier molecular flexibility index (Phi) is 4.93. The number of aliphatic hydroxyl groups excluding tert-OH is 1. The van der Waals surface area contributed by atoms with Crippen LogP contribution in [-0.2, 0) is 11.2 Å². The van der Waals surface area contributed by atoms with Crippen molar-refractivity contribution in [3.8, 4) is 0 Å². The maximum atomic E-state index is 11.8. The number of carbonyl (C=O) groups is 1. The van der Waals surface area contributed by atoms with Crippen molar-refractivity contribution in [2.75, 3.05) is 6.54 Å². The summed E-state index contributed by atoms with van der Waals surface area (Å²) in [5.74, 6) is 0.640. The van der Waals surface area contributed by atoms with Crippen LogP contribution in [0, 0.1) is 5.92 Å². The van der Waals surface area contributed by atoms with Crippen molar-refractivity contribution in [3.05, 3.63) is 16.1 Å². The van der Waals surface area contributed by atoms with Gasteiger partial charge in [0, 0.05) is 23.8 Å². The second-order valence-electron chi connectivity index (χ2n) is 5.57. The second kappa shape index (κ2) is 6.48. The highest BCUT2D eigenvalue weighted by Gasteiger charge is 2.25. The van der Waals surface area contributed by atoms with Gasteiger partial charge in [-0.15, -0.1) is 11.3 Å². The third-order valence-electron chi connectivity index (χ3n) is 3.59. The molecule has 0 saturated heterocycles. The van der Waals surface area contributed by atoms with Gasteiger partial charge in [-0.1, -0.05) is 20.3 Å². The Morgan fingerprint density at radius 1 is 1.58 bits per heavy atom. The first-order valence-corrected chi connectivity index (χ1v) is 7.83. The highest BCUT2D eigenvalue weighted by atomic mass is 32.1. The smallest absolute Gasteiger partial charge is 0.226 e. The number of aliphatic hydroxyl groups is 1. The molecule has 1 aliphatic rings. The number of thiazole rings is 1. The lowest BCUT2D eigenvalue weighted by Gasteiger charge is -2.14. The van der Waals surface area contributed by atoms with Crippen LogP contribution in [0.5, 0.6) is 0 Å². The third kappa shape index (κ3) is 4.01. The molecule has 2 N–H and O–H groups in total. The molecule has 0 aromatic carbocycles. The number of nitrogens with zero attached hydrogens (tertiary/aromatic N) is 1. The molecule has 19 heavy (non-hydrogen) atoms. The summed E-state index contributed by atoms with van der Waals surface area (Å²) in [6.07, 6.45) is 3.03. The number of nitrogens with one attached hydrogen (secondary N) is 1. The zero-order chi connectivity index (χ0) is 13.8.